The predicted octanol–water partition coefficient (Wildman–Crippen LogP) is 11.5. The fourth-order valence-electron chi connectivity index (χ4n) is 7.56. The van der Waals surface area contributed by atoms with E-state index >= 15 is 0 Å². The van der Waals surface area contributed by atoms with Gasteiger partial charge in [-0.05, 0) is 132 Å². The maximum atomic E-state index is 6.84. The van der Waals surface area contributed by atoms with Gasteiger partial charge in [-0.3, -0.25) is 0 Å². The highest BCUT2D eigenvalue weighted by Crippen LogP contribution is 2.57. The summed E-state index contributed by atoms with van der Waals surface area (Å²) in [7, 11) is -3.28. The van der Waals surface area contributed by atoms with Crippen LogP contribution >= 0.6 is 0 Å². The minimum Gasteiger partial charge on any atom is -0.414 e. The highest BCUT2D eigenvalue weighted by molar-refractivity contribution is 6.74. The second-order valence-corrected chi connectivity index (χ2v) is 26.0. The Labute approximate surface area is 251 Å². The van der Waals surface area contributed by atoms with Crippen molar-refractivity contribution in [1.82, 2.24) is 0 Å². The Bertz CT molecular complexity index is 1000. The molecule has 40 heavy (non-hydrogen) atoms. The Hall–Kier alpha value is -0.686. The van der Waals surface area contributed by atoms with Crippen LogP contribution in [-0.4, -0.2) is 28.3 Å². The minimum atomic E-state index is -1.76. The van der Waals surface area contributed by atoms with Crippen molar-refractivity contribution in [2.75, 3.05) is 0 Å². The maximum absolute atomic E-state index is 6.84. The summed E-state index contributed by atoms with van der Waals surface area (Å²) in [5.74, 6) is 1.32. The van der Waals surface area contributed by atoms with E-state index in [9.17, 15) is 0 Å². The van der Waals surface area contributed by atoms with Gasteiger partial charge in [0.05, 0.1) is 5.60 Å². The van der Waals surface area contributed by atoms with Crippen molar-refractivity contribution < 1.29 is 8.85 Å². The molecule has 4 heteroatoms. The highest BCUT2D eigenvalue weighted by atomic mass is 28.4. The van der Waals surface area contributed by atoms with Gasteiger partial charge in [0, 0.05) is 6.10 Å². The van der Waals surface area contributed by atoms with Gasteiger partial charge in [0.15, 0.2) is 16.6 Å². The third kappa shape index (κ3) is 8.45. The summed E-state index contributed by atoms with van der Waals surface area (Å²) in [6.07, 6.45) is 19.9. The van der Waals surface area contributed by atoms with Crippen molar-refractivity contribution in [2.45, 2.75) is 162 Å². The molecule has 3 rings (SSSR count). The van der Waals surface area contributed by atoms with Gasteiger partial charge >= 0.3 is 0 Å². The first-order chi connectivity index (χ1) is 18.2. The van der Waals surface area contributed by atoms with Crippen molar-refractivity contribution in [3.05, 3.63) is 47.1 Å². The zero-order valence-corrected chi connectivity index (χ0v) is 30.6. The van der Waals surface area contributed by atoms with Crippen LogP contribution in [0, 0.1) is 17.3 Å². The van der Waals surface area contributed by atoms with Crippen LogP contribution in [0.15, 0.2) is 47.1 Å². The van der Waals surface area contributed by atoms with Gasteiger partial charge in [-0.25, -0.2) is 0 Å². The molecule has 0 bridgehead atoms. The van der Waals surface area contributed by atoms with Crippen molar-refractivity contribution in [2.24, 2.45) is 17.3 Å². The van der Waals surface area contributed by atoms with Crippen LogP contribution in [0.25, 0.3) is 0 Å². The molecule has 2 fully saturated rings. The van der Waals surface area contributed by atoms with Gasteiger partial charge in [-0.15, -0.1) is 0 Å². The van der Waals surface area contributed by atoms with Crippen LogP contribution in [-0.2, 0) is 8.85 Å². The summed E-state index contributed by atoms with van der Waals surface area (Å²) in [6.45, 7) is 32.8. The number of hydrogen-bond donors (Lipinski definition) is 0. The molecule has 4 atom stereocenters. The molecule has 0 saturated heterocycles. The lowest BCUT2D eigenvalue weighted by Crippen LogP contribution is -2.44. The normalized spacial score (nSPS) is 29.6. The van der Waals surface area contributed by atoms with Crippen molar-refractivity contribution in [1.29, 1.82) is 0 Å². The topological polar surface area (TPSA) is 18.5 Å². The second kappa shape index (κ2) is 12.5. The number of fused-ring (bicyclic) bond motifs is 1. The maximum Gasteiger partial charge on any atom is 0.192 e. The van der Waals surface area contributed by atoms with Crippen molar-refractivity contribution >= 4 is 16.6 Å². The van der Waals surface area contributed by atoms with Gasteiger partial charge in [0.25, 0.3) is 0 Å². The molecular formula is C36H64O2Si2. The minimum absolute atomic E-state index is 0.00715. The zero-order valence-electron chi connectivity index (χ0n) is 28.6. The lowest BCUT2D eigenvalue weighted by Gasteiger charge is -2.43. The van der Waals surface area contributed by atoms with E-state index in [2.05, 4.69) is 106 Å². The summed E-state index contributed by atoms with van der Waals surface area (Å²) in [6, 6.07) is 0. The van der Waals surface area contributed by atoms with E-state index in [1.165, 1.54) is 49.7 Å². The number of rotatable bonds is 10. The van der Waals surface area contributed by atoms with Crippen LogP contribution in [0.4, 0.5) is 0 Å². The van der Waals surface area contributed by atoms with Crippen LogP contribution < -0.4 is 0 Å². The van der Waals surface area contributed by atoms with Crippen LogP contribution in [0.1, 0.15) is 113 Å². The molecule has 2 saturated carbocycles. The molecule has 0 radical (unpaired) electrons. The molecule has 0 aliphatic heterocycles. The molecule has 0 aromatic heterocycles. The molecule has 0 unspecified atom stereocenters. The number of allylic oxidation sites excluding steroid dienone is 6. The second-order valence-electron chi connectivity index (χ2n) is 16.8. The Morgan fingerprint density at radius 2 is 1.75 bits per heavy atom. The fraction of sp³-hybridized carbons (Fsp3) is 0.778. The van der Waals surface area contributed by atoms with E-state index in [1.54, 1.807) is 11.1 Å². The Kier molecular flexibility index (Phi) is 10.6. The van der Waals surface area contributed by atoms with Crippen molar-refractivity contribution in [3.63, 3.8) is 0 Å². The monoisotopic (exact) mass is 584 g/mol. The van der Waals surface area contributed by atoms with E-state index < -0.39 is 16.6 Å². The van der Waals surface area contributed by atoms with Gasteiger partial charge < -0.3 is 8.85 Å². The fourth-order valence-corrected chi connectivity index (χ4v) is 10.7. The smallest absolute Gasteiger partial charge is 0.192 e. The summed E-state index contributed by atoms with van der Waals surface area (Å²) < 4.78 is 13.3. The largest absolute Gasteiger partial charge is 0.414 e. The third-order valence-corrected chi connectivity index (χ3v) is 16.3. The van der Waals surface area contributed by atoms with E-state index in [-0.39, 0.29) is 10.6 Å². The van der Waals surface area contributed by atoms with Gasteiger partial charge in [0.1, 0.15) is 0 Å². The lowest BCUT2D eigenvalue weighted by molar-refractivity contribution is 0.0868. The molecule has 0 aromatic carbocycles. The van der Waals surface area contributed by atoms with E-state index in [4.69, 9.17) is 8.85 Å². The van der Waals surface area contributed by atoms with Gasteiger partial charge in [-0.2, -0.15) is 0 Å². The lowest BCUT2D eigenvalue weighted by atomic mass is 9.62. The SMILES string of the molecule is C=C1CC[C@H](O[Si](C)(C)C(C)(C)C)C/C1=C/C=C1\CCC[C@]2(C)C([C@H](C)CCCC(C)(C)O[Si](C)(C)C)=CC[C@@H]12. The molecule has 3 aliphatic rings. The number of hydrogen-bond acceptors (Lipinski definition) is 2. The molecule has 0 N–H and O–H groups in total. The van der Waals surface area contributed by atoms with Crippen LogP contribution in [0.3, 0.4) is 0 Å². The summed E-state index contributed by atoms with van der Waals surface area (Å²) >= 11 is 0. The Balaban J connectivity index is 1.66. The third-order valence-electron chi connectivity index (χ3n) is 10.6. The first kappa shape index (κ1) is 33.8. The van der Waals surface area contributed by atoms with Gasteiger partial charge in [-0.1, -0.05) is 82.6 Å². The standard InChI is InChI=1S/C36H64O2Si2/c1-27-18-21-31(37-40(12,13)34(3,4)5)26-30(27)20-19-29-17-15-25-36(8)32(22-23-33(29)36)28(2)16-14-24-35(6,7)38-39(9,10)11/h19-20,22,28,31,33H,1,14-18,21,23-26H2,2-13H3/b29-19+,30-20-/t28-,31+,33+,36-/m1/s1. The molecule has 0 amide bonds. The quantitative estimate of drug-likeness (QED) is 0.188. The molecule has 0 spiro atoms. The van der Waals surface area contributed by atoms with E-state index in [0.717, 1.165) is 25.7 Å². The Morgan fingerprint density at radius 1 is 1.07 bits per heavy atom. The first-order valence-electron chi connectivity index (χ1n) is 16.4. The molecule has 3 aliphatic carbocycles. The summed E-state index contributed by atoms with van der Waals surface area (Å²) in [4.78, 5) is 0. The van der Waals surface area contributed by atoms with Crippen LogP contribution in [0.5, 0.6) is 0 Å². The predicted molar refractivity (Wildman–Crippen MR) is 181 cm³/mol. The summed E-state index contributed by atoms with van der Waals surface area (Å²) in [5, 5.41) is 0.252. The van der Waals surface area contributed by atoms with Crippen molar-refractivity contribution in [3.8, 4) is 0 Å². The van der Waals surface area contributed by atoms with Crippen LogP contribution in [0.2, 0.25) is 37.8 Å². The molecule has 228 valence electrons. The molecule has 2 nitrogen and oxygen atoms in total. The molecular weight excluding hydrogens is 521 g/mol. The molecule has 0 heterocycles. The van der Waals surface area contributed by atoms with Gasteiger partial charge in [0.2, 0.25) is 0 Å². The van der Waals surface area contributed by atoms with E-state index in [1.807, 2.05) is 0 Å². The molecule has 0 aromatic rings. The highest BCUT2D eigenvalue weighted by Gasteiger charge is 2.46. The average Bonchev–Trinajstić information content (AvgIpc) is 3.14. The van der Waals surface area contributed by atoms with E-state index in [0.29, 0.717) is 23.4 Å². The Morgan fingerprint density at radius 3 is 2.38 bits per heavy atom. The summed E-state index contributed by atoms with van der Waals surface area (Å²) in [5.41, 5.74) is 6.48. The average molecular weight is 585 g/mol. The first-order valence-corrected chi connectivity index (χ1v) is 22.7. The zero-order chi connectivity index (χ0) is 30.1.